The third-order valence-electron chi connectivity index (χ3n) is 6.07. The van der Waals surface area contributed by atoms with Crippen LogP contribution < -0.4 is 14.2 Å². The molecule has 2 heterocycles. The molecule has 4 rings (SSSR count). The third-order valence-corrected chi connectivity index (χ3v) is 6.07. The summed E-state index contributed by atoms with van der Waals surface area (Å²) in [6.45, 7) is 6.15. The lowest BCUT2D eigenvalue weighted by atomic mass is 10.1. The fraction of sp³-hybridized carbons (Fsp3) is 0.321. The van der Waals surface area contributed by atoms with Gasteiger partial charge in [-0.25, -0.2) is 0 Å². The molecule has 1 aromatic heterocycles. The van der Waals surface area contributed by atoms with E-state index in [2.05, 4.69) is 0 Å². The highest BCUT2D eigenvalue weighted by Crippen LogP contribution is 2.33. The van der Waals surface area contributed by atoms with Gasteiger partial charge < -0.3 is 23.5 Å². The summed E-state index contributed by atoms with van der Waals surface area (Å²) in [7, 11) is 0. The zero-order valence-electron chi connectivity index (χ0n) is 20.7. The van der Waals surface area contributed by atoms with Crippen LogP contribution in [0.2, 0.25) is 0 Å². The lowest BCUT2D eigenvalue weighted by Crippen LogP contribution is -2.15. The number of hydrogen-bond acceptors (Lipinski definition) is 7. The zero-order valence-corrected chi connectivity index (χ0v) is 20.7. The maximum Gasteiger partial charge on any atom is 0.306 e. The highest BCUT2D eigenvalue weighted by Gasteiger charge is 2.19. The molecule has 0 N–H and O–H groups in total. The lowest BCUT2D eigenvalue weighted by Gasteiger charge is -2.11. The molecule has 0 bridgehead atoms. The van der Waals surface area contributed by atoms with Crippen LogP contribution in [0.5, 0.6) is 17.2 Å². The summed E-state index contributed by atoms with van der Waals surface area (Å²) in [5.41, 5.74) is 3.94. The molecule has 1 aliphatic rings. The van der Waals surface area contributed by atoms with Crippen molar-refractivity contribution in [1.82, 2.24) is 4.57 Å². The molecular weight excluding hydrogens is 462 g/mol. The minimum Gasteiger partial charge on any atom is -0.494 e. The summed E-state index contributed by atoms with van der Waals surface area (Å²) in [5, 5.41) is 0. The number of esters is 1. The van der Waals surface area contributed by atoms with Gasteiger partial charge in [0.15, 0.2) is 23.9 Å². The van der Waals surface area contributed by atoms with Crippen LogP contribution in [0.4, 0.5) is 0 Å². The van der Waals surface area contributed by atoms with Gasteiger partial charge in [0.05, 0.1) is 6.61 Å². The van der Waals surface area contributed by atoms with E-state index in [1.165, 1.54) is 6.92 Å². The van der Waals surface area contributed by atoms with Crippen LogP contribution >= 0.6 is 0 Å². The van der Waals surface area contributed by atoms with E-state index < -0.39 is 5.97 Å². The van der Waals surface area contributed by atoms with Gasteiger partial charge in [-0.3, -0.25) is 14.4 Å². The quantitative estimate of drug-likeness (QED) is 0.219. The second-order valence-electron chi connectivity index (χ2n) is 8.68. The van der Waals surface area contributed by atoms with Crippen molar-refractivity contribution in [2.45, 2.75) is 40.2 Å². The molecule has 8 nitrogen and oxygen atoms in total. The SMILES string of the molecule is CC(=O)c1ccc(OCCCC(=O)OCC(=O)c2cc(C)n(Cc3ccc4c(c3)OCO4)c2C)cc1. The molecular formula is C28H29NO7. The molecule has 0 saturated carbocycles. The van der Waals surface area contributed by atoms with Crippen molar-refractivity contribution in [3.8, 4) is 17.2 Å². The van der Waals surface area contributed by atoms with Crippen LogP contribution in [-0.4, -0.2) is 42.1 Å². The first-order valence-corrected chi connectivity index (χ1v) is 11.8. The van der Waals surface area contributed by atoms with Gasteiger partial charge in [0.25, 0.3) is 0 Å². The molecule has 0 radical (unpaired) electrons. The first kappa shape index (κ1) is 25.0. The zero-order chi connectivity index (χ0) is 25.7. The molecule has 0 aliphatic carbocycles. The molecule has 0 spiro atoms. The van der Waals surface area contributed by atoms with E-state index in [-0.39, 0.29) is 31.4 Å². The van der Waals surface area contributed by atoms with E-state index in [1.54, 1.807) is 24.3 Å². The number of benzene rings is 2. The lowest BCUT2D eigenvalue weighted by molar-refractivity contribution is -0.142. The molecule has 3 aromatic rings. The summed E-state index contributed by atoms with van der Waals surface area (Å²) in [6, 6.07) is 14.5. The monoisotopic (exact) mass is 491 g/mol. The number of nitrogens with zero attached hydrogens (tertiary/aromatic N) is 1. The fourth-order valence-corrected chi connectivity index (χ4v) is 4.04. The van der Waals surface area contributed by atoms with Gasteiger partial charge in [0, 0.05) is 35.5 Å². The van der Waals surface area contributed by atoms with Crippen molar-refractivity contribution in [2.75, 3.05) is 20.0 Å². The molecule has 0 atom stereocenters. The first-order valence-electron chi connectivity index (χ1n) is 11.8. The molecule has 188 valence electrons. The normalized spacial score (nSPS) is 11.9. The number of ether oxygens (including phenoxy) is 4. The standard InChI is InChI=1S/C28H29NO7/c1-18-13-24(19(2)29(18)15-21-6-11-26-27(14-21)36-17-35-26)25(31)16-34-28(32)5-4-12-33-23-9-7-22(8-10-23)20(3)30/h6-11,13-14H,4-5,12,15-17H2,1-3H3. The summed E-state index contributed by atoms with van der Waals surface area (Å²) >= 11 is 0. The molecule has 2 aromatic carbocycles. The molecule has 0 saturated heterocycles. The third kappa shape index (κ3) is 5.94. The maximum atomic E-state index is 12.8. The Morgan fingerprint density at radius 1 is 0.972 bits per heavy atom. The summed E-state index contributed by atoms with van der Waals surface area (Å²) in [5.74, 6) is 1.37. The highest BCUT2D eigenvalue weighted by atomic mass is 16.7. The number of ketones is 2. The maximum absolute atomic E-state index is 12.8. The largest absolute Gasteiger partial charge is 0.494 e. The van der Waals surface area contributed by atoms with Crippen molar-refractivity contribution in [3.63, 3.8) is 0 Å². The van der Waals surface area contributed by atoms with Crippen LogP contribution in [0.25, 0.3) is 0 Å². The number of Topliss-reactive ketones (excluding diaryl/α,β-unsaturated/α-hetero) is 2. The van der Waals surface area contributed by atoms with E-state index in [0.29, 0.717) is 36.4 Å². The van der Waals surface area contributed by atoms with E-state index in [0.717, 1.165) is 28.5 Å². The Morgan fingerprint density at radius 3 is 2.47 bits per heavy atom. The van der Waals surface area contributed by atoms with Crippen LogP contribution in [-0.2, 0) is 16.1 Å². The van der Waals surface area contributed by atoms with E-state index in [4.69, 9.17) is 18.9 Å². The fourth-order valence-electron chi connectivity index (χ4n) is 4.04. The van der Waals surface area contributed by atoms with Crippen molar-refractivity contribution in [2.24, 2.45) is 0 Å². The Hall–Kier alpha value is -4.07. The van der Waals surface area contributed by atoms with E-state index in [9.17, 15) is 14.4 Å². The molecule has 0 fully saturated rings. The van der Waals surface area contributed by atoms with Crippen molar-refractivity contribution in [3.05, 3.63) is 76.6 Å². The number of carbonyl (C=O) groups excluding carboxylic acids is 3. The van der Waals surface area contributed by atoms with Gasteiger partial charge in [0.2, 0.25) is 12.6 Å². The van der Waals surface area contributed by atoms with Crippen LogP contribution in [0.1, 0.15) is 57.4 Å². The number of aryl methyl sites for hydroxylation is 1. The van der Waals surface area contributed by atoms with Gasteiger partial charge in [-0.2, -0.15) is 0 Å². The molecule has 0 unspecified atom stereocenters. The molecule has 0 amide bonds. The average molecular weight is 492 g/mol. The van der Waals surface area contributed by atoms with Crippen LogP contribution in [0.15, 0.2) is 48.5 Å². The van der Waals surface area contributed by atoms with Gasteiger partial charge >= 0.3 is 5.97 Å². The first-order chi connectivity index (χ1) is 17.3. The summed E-state index contributed by atoms with van der Waals surface area (Å²) in [6.07, 6.45) is 0.591. The molecule has 1 aliphatic heterocycles. The average Bonchev–Trinajstić information content (AvgIpc) is 3.45. The van der Waals surface area contributed by atoms with E-state index in [1.807, 2.05) is 42.7 Å². The van der Waals surface area contributed by atoms with Gasteiger partial charge in [-0.15, -0.1) is 0 Å². The number of aromatic nitrogens is 1. The van der Waals surface area contributed by atoms with Crippen molar-refractivity contribution >= 4 is 17.5 Å². The Morgan fingerprint density at radius 2 is 1.72 bits per heavy atom. The van der Waals surface area contributed by atoms with Gasteiger partial charge in [-0.05, 0) is 75.2 Å². The molecule has 36 heavy (non-hydrogen) atoms. The summed E-state index contributed by atoms with van der Waals surface area (Å²) < 4.78 is 23.7. The van der Waals surface area contributed by atoms with Crippen molar-refractivity contribution in [1.29, 1.82) is 0 Å². The van der Waals surface area contributed by atoms with E-state index >= 15 is 0 Å². The second-order valence-corrected chi connectivity index (χ2v) is 8.68. The Bertz CT molecular complexity index is 1270. The van der Waals surface area contributed by atoms with Gasteiger partial charge in [0.1, 0.15) is 5.75 Å². The smallest absolute Gasteiger partial charge is 0.306 e. The number of fused-ring (bicyclic) bond motifs is 1. The van der Waals surface area contributed by atoms with Crippen LogP contribution in [0.3, 0.4) is 0 Å². The Kier molecular flexibility index (Phi) is 7.73. The number of rotatable bonds is 11. The summed E-state index contributed by atoms with van der Waals surface area (Å²) in [4.78, 5) is 36.2. The minimum atomic E-state index is -0.451. The Labute approximate surface area is 209 Å². The predicted octanol–water partition coefficient (Wildman–Crippen LogP) is 4.67. The Balaban J connectivity index is 1.23. The minimum absolute atomic E-state index is 0.00883. The van der Waals surface area contributed by atoms with Gasteiger partial charge in [-0.1, -0.05) is 6.07 Å². The number of carbonyl (C=O) groups is 3. The predicted molar refractivity (Wildman–Crippen MR) is 132 cm³/mol. The van der Waals surface area contributed by atoms with Crippen LogP contribution in [0, 0.1) is 13.8 Å². The highest BCUT2D eigenvalue weighted by molar-refractivity contribution is 5.99. The second kappa shape index (κ2) is 11.1. The molecule has 8 heteroatoms. The van der Waals surface area contributed by atoms with Crippen molar-refractivity contribution < 1.29 is 33.3 Å². The topological polar surface area (TPSA) is 93.1 Å². The number of hydrogen-bond donors (Lipinski definition) is 0.